The molecule has 0 saturated carbocycles. The summed E-state index contributed by atoms with van der Waals surface area (Å²) in [5.74, 6) is 0.697. The second kappa shape index (κ2) is 5.78. The summed E-state index contributed by atoms with van der Waals surface area (Å²) in [6.07, 6.45) is 5.25. The van der Waals surface area contributed by atoms with Gasteiger partial charge >= 0.3 is 0 Å². The average Bonchev–Trinajstić information content (AvgIpc) is 2.51. The molecular weight excluding hydrogens is 216 g/mol. The van der Waals surface area contributed by atoms with Crippen LogP contribution in [0, 0.1) is 11.3 Å². The Morgan fingerprint density at radius 3 is 2.62 bits per heavy atom. The molecule has 2 unspecified atom stereocenters. The summed E-state index contributed by atoms with van der Waals surface area (Å²) < 4.78 is 0. The van der Waals surface area contributed by atoms with Crippen molar-refractivity contribution in [2.45, 2.75) is 53.0 Å². The minimum absolute atomic E-state index is 0.276. The van der Waals surface area contributed by atoms with Gasteiger partial charge in [0.25, 0.3) is 0 Å². The lowest BCUT2D eigenvalue weighted by atomic mass is 9.82. The number of rotatable bonds is 5. The summed E-state index contributed by atoms with van der Waals surface area (Å²) in [6.45, 7) is 9.17. The van der Waals surface area contributed by atoms with Gasteiger partial charge in [0, 0.05) is 17.1 Å². The van der Waals surface area contributed by atoms with Gasteiger partial charge in [-0.3, -0.25) is 4.98 Å². The first-order chi connectivity index (χ1) is 7.37. The number of nitrogens with zero attached hydrogens (tertiary/aromatic N) is 1. The second-order valence-electron chi connectivity index (χ2n) is 6.04. The standard InChI is InChI=1S/C13H24N2S/c1-10(7-13(2,3)4)5-11(14)6-12-8-15-9-16-12/h8-11H,5-7,14H2,1-4H3. The molecule has 0 radical (unpaired) electrons. The highest BCUT2D eigenvalue weighted by Gasteiger charge is 2.17. The van der Waals surface area contributed by atoms with E-state index in [1.54, 1.807) is 11.3 Å². The predicted octanol–water partition coefficient (Wildman–Crippen LogP) is 3.48. The van der Waals surface area contributed by atoms with Crippen LogP contribution in [0.4, 0.5) is 0 Å². The van der Waals surface area contributed by atoms with Gasteiger partial charge in [-0.05, 0) is 30.6 Å². The van der Waals surface area contributed by atoms with Crippen LogP contribution in [-0.4, -0.2) is 11.0 Å². The molecule has 16 heavy (non-hydrogen) atoms. The van der Waals surface area contributed by atoms with E-state index >= 15 is 0 Å². The highest BCUT2D eigenvalue weighted by molar-refractivity contribution is 7.09. The molecule has 1 rings (SSSR count). The van der Waals surface area contributed by atoms with Gasteiger partial charge in [0.1, 0.15) is 0 Å². The van der Waals surface area contributed by atoms with Crippen molar-refractivity contribution in [3.63, 3.8) is 0 Å². The summed E-state index contributed by atoms with van der Waals surface area (Å²) in [5, 5.41) is 0. The monoisotopic (exact) mass is 240 g/mol. The maximum atomic E-state index is 6.16. The van der Waals surface area contributed by atoms with Crippen LogP contribution < -0.4 is 5.73 Å². The average molecular weight is 240 g/mol. The molecule has 2 nitrogen and oxygen atoms in total. The molecule has 0 amide bonds. The molecule has 0 fully saturated rings. The summed E-state index contributed by atoms with van der Waals surface area (Å²) in [7, 11) is 0. The van der Waals surface area contributed by atoms with Crippen molar-refractivity contribution in [1.29, 1.82) is 0 Å². The molecule has 1 aromatic rings. The van der Waals surface area contributed by atoms with Crippen LogP contribution in [0.1, 0.15) is 45.4 Å². The number of hydrogen-bond acceptors (Lipinski definition) is 3. The molecule has 92 valence electrons. The minimum Gasteiger partial charge on any atom is -0.327 e. The van der Waals surface area contributed by atoms with E-state index in [1.807, 2.05) is 11.7 Å². The lowest BCUT2D eigenvalue weighted by Crippen LogP contribution is -2.26. The first kappa shape index (κ1) is 13.7. The molecule has 0 aliphatic heterocycles. The molecule has 2 atom stereocenters. The van der Waals surface area contributed by atoms with Crippen LogP contribution in [0.3, 0.4) is 0 Å². The third kappa shape index (κ3) is 5.61. The van der Waals surface area contributed by atoms with Gasteiger partial charge in [-0.1, -0.05) is 27.7 Å². The Morgan fingerprint density at radius 1 is 1.44 bits per heavy atom. The van der Waals surface area contributed by atoms with Gasteiger partial charge in [-0.2, -0.15) is 0 Å². The van der Waals surface area contributed by atoms with Gasteiger partial charge < -0.3 is 5.73 Å². The minimum atomic E-state index is 0.276. The zero-order valence-corrected chi connectivity index (χ0v) is 11.7. The van der Waals surface area contributed by atoms with Crippen molar-refractivity contribution in [1.82, 2.24) is 4.98 Å². The normalized spacial score (nSPS) is 16.1. The Labute approximate surface area is 103 Å². The Hall–Kier alpha value is -0.410. The van der Waals surface area contributed by atoms with E-state index in [0.29, 0.717) is 11.3 Å². The summed E-state index contributed by atoms with van der Waals surface area (Å²) in [5.41, 5.74) is 8.45. The molecule has 2 N–H and O–H groups in total. The number of aromatic nitrogens is 1. The van der Waals surface area contributed by atoms with E-state index in [4.69, 9.17) is 5.73 Å². The van der Waals surface area contributed by atoms with Crippen LogP contribution in [0.2, 0.25) is 0 Å². The molecule has 1 aromatic heterocycles. The van der Waals surface area contributed by atoms with E-state index in [-0.39, 0.29) is 6.04 Å². The molecule has 0 saturated heterocycles. The quantitative estimate of drug-likeness (QED) is 0.856. The zero-order valence-electron chi connectivity index (χ0n) is 10.9. The van der Waals surface area contributed by atoms with E-state index in [0.717, 1.165) is 12.8 Å². The van der Waals surface area contributed by atoms with Crippen molar-refractivity contribution in [2.75, 3.05) is 0 Å². The van der Waals surface area contributed by atoms with Crippen LogP contribution in [0.15, 0.2) is 11.7 Å². The number of thiazole rings is 1. The fourth-order valence-corrected chi connectivity index (χ4v) is 3.02. The van der Waals surface area contributed by atoms with Crippen LogP contribution in [0.25, 0.3) is 0 Å². The van der Waals surface area contributed by atoms with Crippen molar-refractivity contribution in [3.05, 3.63) is 16.6 Å². The number of hydrogen-bond donors (Lipinski definition) is 1. The van der Waals surface area contributed by atoms with Crippen molar-refractivity contribution in [2.24, 2.45) is 17.1 Å². The molecule has 3 heteroatoms. The summed E-state index contributed by atoms with van der Waals surface area (Å²) in [6, 6.07) is 0.276. The Morgan fingerprint density at radius 2 is 2.12 bits per heavy atom. The van der Waals surface area contributed by atoms with Crippen LogP contribution in [-0.2, 0) is 6.42 Å². The maximum Gasteiger partial charge on any atom is 0.0794 e. The third-order valence-corrected chi connectivity index (χ3v) is 3.41. The fourth-order valence-electron chi connectivity index (χ4n) is 2.33. The summed E-state index contributed by atoms with van der Waals surface area (Å²) in [4.78, 5) is 5.38. The van der Waals surface area contributed by atoms with Crippen molar-refractivity contribution >= 4 is 11.3 Å². The molecule has 0 spiro atoms. The number of nitrogens with two attached hydrogens (primary N) is 1. The topological polar surface area (TPSA) is 38.9 Å². The Kier molecular flexibility index (Phi) is 4.93. The van der Waals surface area contributed by atoms with Gasteiger partial charge in [-0.25, -0.2) is 0 Å². The first-order valence-corrected chi connectivity index (χ1v) is 6.88. The maximum absolute atomic E-state index is 6.16. The molecule has 1 heterocycles. The molecule has 0 aromatic carbocycles. The largest absolute Gasteiger partial charge is 0.327 e. The van der Waals surface area contributed by atoms with Gasteiger partial charge in [0.15, 0.2) is 0 Å². The SMILES string of the molecule is CC(CC(N)Cc1cncs1)CC(C)(C)C. The van der Waals surface area contributed by atoms with E-state index in [1.165, 1.54) is 11.3 Å². The molecule has 0 aliphatic carbocycles. The predicted molar refractivity (Wildman–Crippen MR) is 71.6 cm³/mol. The summed E-state index contributed by atoms with van der Waals surface area (Å²) >= 11 is 1.70. The third-order valence-electron chi connectivity index (χ3n) is 2.61. The van der Waals surface area contributed by atoms with Crippen LogP contribution in [0.5, 0.6) is 0 Å². The first-order valence-electron chi connectivity index (χ1n) is 6.00. The molecule has 0 aliphatic rings. The van der Waals surface area contributed by atoms with Crippen molar-refractivity contribution < 1.29 is 0 Å². The van der Waals surface area contributed by atoms with Crippen molar-refractivity contribution in [3.8, 4) is 0 Å². The van der Waals surface area contributed by atoms with Gasteiger partial charge in [0.05, 0.1) is 5.51 Å². The fraction of sp³-hybridized carbons (Fsp3) is 0.769. The lowest BCUT2D eigenvalue weighted by molar-refractivity contribution is 0.285. The highest BCUT2D eigenvalue weighted by Crippen LogP contribution is 2.27. The van der Waals surface area contributed by atoms with E-state index in [9.17, 15) is 0 Å². The Bertz CT molecular complexity index is 287. The Balaban J connectivity index is 2.31. The zero-order chi connectivity index (χ0) is 12.2. The molecule has 0 bridgehead atoms. The van der Waals surface area contributed by atoms with Crippen LogP contribution >= 0.6 is 11.3 Å². The highest BCUT2D eigenvalue weighted by atomic mass is 32.1. The molecular formula is C13H24N2S. The van der Waals surface area contributed by atoms with E-state index < -0.39 is 0 Å². The van der Waals surface area contributed by atoms with E-state index in [2.05, 4.69) is 32.7 Å². The van der Waals surface area contributed by atoms with Gasteiger partial charge in [0.2, 0.25) is 0 Å². The smallest absolute Gasteiger partial charge is 0.0794 e. The second-order valence-corrected chi connectivity index (χ2v) is 7.01. The lowest BCUT2D eigenvalue weighted by Gasteiger charge is -2.25. The van der Waals surface area contributed by atoms with Gasteiger partial charge in [-0.15, -0.1) is 11.3 Å².